The van der Waals surface area contributed by atoms with Crippen LogP contribution in [0.15, 0.2) is 83.5 Å². The average Bonchev–Trinajstić information content (AvgIpc) is 3.44. The first kappa shape index (κ1) is 19.6. The third-order valence-electron chi connectivity index (χ3n) is 5.23. The fraction of sp³-hybridized carbons (Fsp3) is 0.0800. The molecule has 3 aromatic heterocycles. The molecular formula is C25H19N3O4. The monoisotopic (exact) mass is 425 g/mol. The number of ether oxygens (including phenoxy) is 1. The zero-order chi connectivity index (χ0) is 22.1. The largest absolute Gasteiger partial charge is 0.478 e. The van der Waals surface area contributed by atoms with Crippen LogP contribution in [0, 0.1) is 6.92 Å². The van der Waals surface area contributed by atoms with Crippen molar-refractivity contribution in [3.05, 3.63) is 95.9 Å². The van der Waals surface area contributed by atoms with Crippen molar-refractivity contribution < 1.29 is 19.1 Å². The summed E-state index contributed by atoms with van der Waals surface area (Å²) in [4.78, 5) is 16.6. The molecule has 0 radical (unpaired) electrons. The van der Waals surface area contributed by atoms with Gasteiger partial charge in [-0.1, -0.05) is 36.4 Å². The molecule has 0 saturated carbocycles. The van der Waals surface area contributed by atoms with E-state index in [0.29, 0.717) is 40.5 Å². The maximum absolute atomic E-state index is 12.0. The van der Waals surface area contributed by atoms with Gasteiger partial charge < -0.3 is 14.3 Å². The standard InChI is InChI=1S/C25H19N3O4/c1-16-23-19(25(29)30)14-20(22-12-7-13-31-22)26-24(23)27-28(16)15-17-8-5-6-11-21(17)32-18-9-3-2-4-10-18/h2-14H,15H2,1H3,(H,29,30). The lowest BCUT2D eigenvalue weighted by atomic mass is 10.1. The number of carboxylic acid groups (broad SMARTS) is 1. The molecule has 0 aliphatic rings. The molecule has 0 aliphatic heterocycles. The van der Waals surface area contributed by atoms with E-state index < -0.39 is 5.97 Å². The highest BCUT2D eigenvalue weighted by Crippen LogP contribution is 2.30. The minimum Gasteiger partial charge on any atom is -0.478 e. The summed E-state index contributed by atoms with van der Waals surface area (Å²) in [5.41, 5.74) is 2.55. The fourth-order valence-corrected chi connectivity index (χ4v) is 3.66. The number of nitrogens with zero attached hydrogens (tertiary/aromatic N) is 3. The molecule has 0 unspecified atom stereocenters. The summed E-state index contributed by atoms with van der Waals surface area (Å²) in [6.45, 7) is 2.25. The fourth-order valence-electron chi connectivity index (χ4n) is 3.66. The van der Waals surface area contributed by atoms with Crippen molar-refractivity contribution in [2.75, 3.05) is 0 Å². The van der Waals surface area contributed by atoms with E-state index in [4.69, 9.17) is 9.15 Å². The molecule has 1 N–H and O–H groups in total. The SMILES string of the molecule is Cc1c2c(C(=O)O)cc(-c3ccco3)nc2nn1Cc1ccccc1Oc1ccccc1. The predicted molar refractivity (Wildman–Crippen MR) is 119 cm³/mol. The molecule has 5 rings (SSSR count). The molecule has 0 amide bonds. The van der Waals surface area contributed by atoms with Crippen molar-refractivity contribution in [1.29, 1.82) is 0 Å². The van der Waals surface area contributed by atoms with E-state index >= 15 is 0 Å². The van der Waals surface area contributed by atoms with E-state index in [2.05, 4.69) is 10.1 Å². The lowest BCUT2D eigenvalue weighted by Gasteiger charge is -2.12. The summed E-state index contributed by atoms with van der Waals surface area (Å²) in [6, 6.07) is 22.2. The molecule has 3 heterocycles. The molecule has 0 aliphatic carbocycles. The van der Waals surface area contributed by atoms with Crippen LogP contribution in [-0.2, 0) is 6.54 Å². The van der Waals surface area contributed by atoms with Gasteiger partial charge in [-0.25, -0.2) is 9.78 Å². The van der Waals surface area contributed by atoms with Gasteiger partial charge in [0.1, 0.15) is 17.2 Å². The van der Waals surface area contributed by atoms with E-state index in [1.165, 1.54) is 12.3 Å². The van der Waals surface area contributed by atoms with Crippen molar-refractivity contribution >= 4 is 17.0 Å². The molecule has 0 spiro atoms. The minimum absolute atomic E-state index is 0.138. The van der Waals surface area contributed by atoms with Crippen LogP contribution in [0.2, 0.25) is 0 Å². The van der Waals surface area contributed by atoms with Gasteiger partial charge in [0.15, 0.2) is 11.4 Å². The molecule has 158 valence electrons. The van der Waals surface area contributed by atoms with Crippen molar-refractivity contribution in [1.82, 2.24) is 14.8 Å². The van der Waals surface area contributed by atoms with Gasteiger partial charge in [-0.2, -0.15) is 5.10 Å². The Balaban J connectivity index is 1.57. The second-order valence-electron chi connectivity index (χ2n) is 7.30. The lowest BCUT2D eigenvalue weighted by Crippen LogP contribution is -2.05. The molecule has 5 aromatic rings. The highest BCUT2D eigenvalue weighted by atomic mass is 16.5. The first-order chi connectivity index (χ1) is 15.6. The van der Waals surface area contributed by atoms with Crippen LogP contribution in [0.5, 0.6) is 11.5 Å². The summed E-state index contributed by atoms with van der Waals surface area (Å²) in [6.07, 6.45) is 1.52. The van der Waals surface area contributed by atoms with Crippen LogP contribution in [-0.4, -0.2) is 25.8 Å². The summed E-state index contributed by atoms with van der Waals surface area (Å²) in [7, 11) is 0. The number of furan rings is 1. The number of aryl methyl sites for hydroxylation is 1. The molecule has 7 heteroatoms. The van der Waals surface area contributed by atoms with Gasteiger partial charge in [0.2, 0.25) is 0 Å². The third kappa shape index (κ3) is 3.60. The summed E-state index contributed by atoms with van der Waals surface area (Å²) in [5.74, 6) is 0.893. The van der Waals surface area contributed by atoms with E-state index in [1.807, 2.05) is 61.5 Å². The Bertz CT molecular complexity index is 1410. The van der Waals surface area contributed by atoms with E-state index in [-0.39, 0.29) is 5.56 Å². The molecule has 0 fully saturated rings. The highest BCUT2D eigenvalue weighted by Gasteiger charge is 2.21. The van der Waals surface area contributed by atoms with Gasteiger partial charge in [0.05, 0.1) is 23.8 Å². The third-order valence-corrected chi connectivity index (χ3v) is 5.23. The Labute approximate surface area is 183 Å². The van der Waals surface area contributed by atoms with Crippen LogP contribution in [0.25, 0.3) is 22.5 Å². The van der Waals surface area contributed by atoms with Crippen molar-refractivity contribution in [3.8, 4) is 23.0 Å². The van der Waals surface area contributed by atoms with Crippen LogP contribution < -0.4 is 4.74 Å². The smallest absolute Gasteiger partial charge is 0.336 e. The topological polar surface area (TPSA) is 90.4 Å². The summed E-state index contributed by atoms with van der Waals surface area (Å²) >= 11 is 0. The summed E-state index contributed by atoms with van der Waals surface area (Å²) < 4.78 is 13.2. The Morgan fingerprint density at radius 1 is 1.06 bits per heavy atom. The van der Waals surface area contributed by atoms with E-state index in [1.54, 1.807) is 16.8 Å². The lowest BCUT2D eigenvalue weighted by molar-refractivity contribution is 0.0699. The van der Waals surface area contributed by atoms with Crippen LogP contribution >= 0.6 is 0 Å². The van der Waals surface area contributed by atoms with Crippen LogP contribution in [0.4, 0.5) is 0 Å². The Morgan fingerprint density at radius 2 is 1.84 bits per heavy atom. The van der Waals surface area contributed by atoms with Gasteiger partial charge in [0, 0.05) is 11.3 Å². The number of para-hydroxylation sites is 2. The van der Waals surface area contributed by atoms with Crippen molar-refractivity contribution in [2.24, 2.45) is 0 Å². The van der Waals surface area contributed by atoms with E-state index in [0.717, 1.165) is 11.3 Å². The number of pyridine rings is 1. The number of carboxylic acids is 1. The van der Waals surface area contributed by atoms with Gasteiger partial charge in [-0.15, -0.1) is 0 Å². The summed E-state index contributed by atoms with van der Waals surface area (Å²) in [5, 5.41) is 14.9. The van der Waals surface area contributed by atoms with Crippen molar-refractivity contribution in [3.63, 3.8) is 0 Å². The van der Waals surface area contributed by atoms with Gasteiger partial charge in [-0.3, -0.25) is 4.68 Å². The van der Waals surface area contributed by atoms with Crippen LogP contribution in [0.3, 0.4) is 0 Å². The number of benzene rings is 2. The Morgan fingerprint density at radius 3 is 2.59 bits per heavy atom. The number of carbonyl (C=O) groups is 1. The molecule has 0 atom stereocenters. The Kier molecular flexibility index (Phi) is 4.91. The zero-order valence-electron chi connectivity index (χ0n) is 17.2. The maximum atomic E-state index is 12.0. The minimum atomic E-state index is -1.04. The van der Waals surface area contributed by atoms with Gasteiger partial charge in [0.25, 0.3) is 0 Å². The van der Waals surface area contributed by atoms with Crippen LogP contribution in [0.1, 0.15) is 21.6 Å². The maximum Gasteiger partial charge on any atom is 0.336 e. The number of rotatable bonds is 6. The average molecular weight is 425 g/mol. The second-order valence-corrected chi connectivity index (χ2v) is 7.30. The van der Waals surface area contributed by atoms with Crippen molar-refractivity contribution in [2.45, 2.75) is 13.5 Å². The zero-order valence-corrected chi connectivity index (χ0v) is 17.2. The Hall–Kier alpha value is -4.39. The highest BCUT2D eigenvalue weighted by molar-refractivity contribution is 6.03. The van der Waals surface area contributed by atoms with Gasteiger partial charge in [-0.05, 0) is 43.3 Å². The quantitative estimate of drug-likeness (QED) is 0.384. The molecule has 2 aromatic carbocycles. The number of hydrogen-bond acceptors (Lipinski definition) is 5. The second kappa shape index (κ2) is 8.03. The molecule has 0 saturated heterocycles. The number of aromatic nitrogens is 3. The molecule has 32 heavy (non-hydrogen) atoms. The van der Waals surface area contributed by atoms with Gasteiger partial charge >= 0.3 is 5.97 Å². The normalized spacial score (nSPS) is 11.0. The predicted octanol–water partition coefficient (Wildman–Crippen LogP) is 5.54. The first-order valence-electron chi connectivity index (χ1n) is 10.1. The number of hydrogen-bond donors (Lipinski definition) is 1. The molecule has 7 nitrogen and oxygen atoms in total. The molecular weight excluding hydrogens is 406 g/mol. The van der Waals surface area contributed by atoms with E-state index in [9.17, 15) is 9.90 Å². The first-order valence-corrected chi connectivity index (χ1v) is 10.1. The number of fused-ring (bicyclic) bond motifs is 1. The number of aromatic carboxylic acids is 1. The molecule has 0 bridgehead atoms.